The van der Waals surface area contributed by atoms with Crippen LogP contribution in [0, 0.1) is 6.92 Å². The van der Waals surface area contributed by atoms with Gasteiger partial charge in [-0.3, -0.25) is 0 Å². The van der Waals surface area contributed by atoms with E-state index in [0.29, 0.717) is 31.7 Å². The van der Waals surface area contributed by atoms with Crippen molar-refractivity contribution in [3.8, 4) is 0 Å². The molecule has 100 valence electrons. The Morgan fingerprint density at radius 2 is 2.16 bits per heavy atom. The molecule has 2 rings (SSSR count). The molecular weight excluding hydrogens is 327 g/mol. The van der Waals surface area contributed by atoms with Gasteiger partial charge in [-0.2, -0.15) is 0 Å². The van der Waals surface area contributed by atoms with Crippen molar-refractivity contribution in [2.75, 3.05) is 0 Å². The monoisotopic (exact) mass is 334 g/mol. The summed E-state index contributed by atoms with van der Waals surface area (Å²) in [5, 5.41) is 9.86. The maximum absolute atomic E-state index is 10.9. The summed E-state index contributed by atoms with van der Waals surface area (Å²) >= 11 is 14.3. The van der Waals surface area contributed by atoms with E-state index in [1.807, 2.05) is 0 Å². The van der Waals surface area contributed by atoms with Gasteiger partial charge in [0.2, 0.25) is 0 Å². The molecule has 4 nitrogen and oxygen atoms in total. The molecule has 8 heteroatoms. The number of hydrogen-bond acceptors (Lipinski definition) is 5. The maximum Gasteiger partial charge on any atom is 0.347 e. The van der Waals surface area contributed by atoms with E-state index >= 15 is 0 Å². The lowest BCUT2D eigenvalue weighted by Gasteiger charge is -2.01. The number of carboxylic acids is 1. The standard InChI is InChI=1S/C11H8Cl2N2O2S2/c1-5-9(10(16)17)19-11(14-5)18-4-7-6(12)2-3-8(13)15-7/h2-3H,4H2,1H3,(H,16,17). The van der Waals surface area contributed by atoms with Gasteiger partial charge in [0, 0.05) is 5.75 Å². The summed E-state index contributed by atoms with van der Waals surface area (Å²) in [6.45, 7) is 1.68. The van der Waals surface area contributed by atoms with E-state index in [9.17, 15) is 4.79 Å². The van der Waals surface area contributed by atoms with E-state index in [0.717, 1.165) is 11.3 Å². The molecule has 0 atom stereocenters. The fraction of sp³-hybridized carbons (Fsp3) is 0.182. The van der Waals surface area contributed by atoms with E-state index in [4.69, 9.17) is 28.3 Å². The zero-order valence-electron chi connectivity index (χ0n) is 9.68. The van der Waals surface area contributed by atoms with Crippen LogP contribution in [0.3, 0.4) is 0 Å². The third-order valence-corrected chi connectivity index (χ3v) is 5.04. The summed E-state index contributed by atoms with van der Waals surface area (Å²) in [6.07, 6.45) is 0. The fourth-order valence-corrected chi connectivity index (χ4v) is 3.72. The molecule has 0 aliphatic heterocycles. The first-order chi connectivity index (χ1) is 8.97. The highest BCUT2D eigenvalue weighted by Crippen LogP contribution is 2.31. The van der Waals surface area contributed by atoms with E-state index in [1.54, 1.807) is 19.1 Å². The van der Waals surface area contributed by atoms with Crippen LogP contribution in [0.15, 0.2) is 16.5 Å². The second-order valence-corrected chi connectivity index (χ2v) is 6.57. The quantitative estimate of drug-likeness (QED) is 0.672. The molecule has 0 aromatic carbocycles. The molecule has 1 N–H and O–H groups in total. The highest BCUT2D eigenvalue weighted by atomic mass is 35.5. The van der Waals surface area contributed by atoms with Gasteiger partial charge in [0.05, 0.1) is 16.4 Å². The number of pyridine rings is 1. The number of carboxylic acid groups (broad SMARTS) is 1. The van der Waals surface area contributed by atoms with Crippen molar-refractivity contribution in [3.05, 3.63) is 38.6 Å². The van der Waals surface area contributed by atoms with Gasteiger partial charge in [-0.05, 0) is 19.1 Å². The van der Waals surface area contributed by atoms with Gasteiger partial charge in [0.25, 0.3) is 0 Å². The smallest absolute Gasteiger partial charge is 0.347 e. The van der Waals surface area contributed by atoms with Crippen LogP contribution < -0.4 is 0 Å². The summed E-state index contributed by atoms with van der Waals surface area (Å²) in [4.78, 5) is 19.5. The van der Waals surface area contributed by atoms with Crippen molar-refractivity contribution < 1.29 is 9.90 Å². The van der Waals surface area contributed by atoms with Crippen LogP contribution in [0.25, 0.3) is 0 Å². The Balaban J connectivity index is 2.12. The first-order valence-electron chi connectivity index (χ1n) is 5.12. The number of aromatic nitrogens is 2. The van der Waals surface area contributed by atoms with E-state index in [2.05, 4.69) is 9.97 Å². The van der Waals surface area contributed by atoms with Gasteiger partial charge >= 0.3 is 5.97 Å². The molecule has 0 saturated heterocycles. The van der Waals surface area contributed by atoms with Crippen molar-refractivity contribution in [3.63, 3.8) is 0 Å². The number of nitrogens with zero attached hydrogens (tertiary/aromatic N) is 2. The first kappa shape index (κ1) is 14.6. The molecule has 0 aliphatic carbocycles. The lowest BCUT2D eigenvalue weighted by atomic mass is 10.4. The van der Waals surface area contributed by atoms with Gasteiger partial charge in [0.1, 0.15) is 10.0 Å². The number of aromatic carboxylic acids is 1. The van der Waals surface area contributed by atoms with Gasteiger partial charge in [-0.15, -0.1) is 11.3 Å². The zero-order chi connectivity index (χ0) is 14.0. The minimum absolute atomic E-state index is 0.257. The molecule has 0 saturated carbocycles. The normalized spacial score (nSPS) is 10.7. The Kier molecular flexibility index (Phi) is 4.67. The molecule has 0 fully saturated rings. The van der Waals surface area contributed by atoms with E-state index in [-0.39, 0.29) is 4.88 Å². The van der Waals surface area contributed by atoms with Crippen molar-refractivity contribution in [2.45, 2.75) is 17.0 Å². The van der Waals surface area contributed by atoms with Gasteiger partial charge in [0.15, 0.2) is 4.34 Å². The summed E-state index contributed by atoms with van der Waals surface area (Å²) in [6, 6.07) is 3.30. The van der Waals surface area contributed by atoms with Crippen LogP contribution in [0.4, 0.5) is 0 Å². The molecule has 0 unspecified atom stereocenters. The molecule has 19 heavy (non-hydrogen) atoms. The Morgan fingerprint density at radius 1 is 1.42 bits per heavy atom. The molecule has 2 aromatic rings. The molecule has 0 spiro atoms. The van der Waals surface area contributed by atoms with Crippen LogP contribution >= 0.6 is 46.3 Å². The Morgan fingerprint density at radius 3 is 2.79 bits per heavy atom. The molecule has 0 bridgehead atoms. The second kappa shape index (κ2) is 6.09. The Labute approximate surface area is 127 Å². The van der Waals surface area contributed by atoms with E-state index in [1.165, 1.54) is 11.8 Å². The van der Waals surface area contributed by atoms with E-state index < -0.39 is 5.97 Å². The van der Waals surface area contributed by atoms with Crippen LogP contribution in [-0.4, -0.2) is 21.0 Å². The minimum Gasteiger partial charge on any atom is -0.477 e. The third-order valence-electron chi connectivity index (χ3n) is 2.19. The summed E-state index contributed by atoms with van der Waals surface area (Å²) in [5.41, 5.74) is 1.18. The number of hydrogen-bond donors (Lipinski definition) is 1. The molecular formula is C11H8Cl2N2O2S2. The second-order valence-electron chi connectivity index (χ2n) is 3.55. The van der Waals surface area contributed by atoms with Crippen molar-refractivity contribution in [1.82, 2.24) is 9.97 Å². The molecule has 2 heterocycles. The number of thioether (sulfide) groups is 1. The van der Waals surface area contributed by atoms with Crippen molar-refractivity contribution in [2.24, 2.45) is 0 Å². The lowest BCUT2D eigenvalue weighted by Crippen LogP contribution is -1.94. The Hall–Kier alpha value is -0.820. The summed E-state index contributed by atoms with van der Waals surface area (Å²) in [5.74, 6) is -0.466. The SMILES string of the molecule is Cc1nc(SCc2nc(Cl)ccc2Cl)sc1C(=O)O. The fourth-order valence-electron chi connectivity index (χ4n) is 1.32. The van der Waals surface area contributed by atoms with Crippen LogP contribution in [0.1, 0.15) is 21.1 Å². The topological polar surface area (TPSA) is 63.1 Å². The van der Waals surface area contributed by atoms with Gasteiger partial charge in [-0.25, -0.2) is 14.8 Å². The third kappa shape index (κ3) is 3.60. The average Bonchev–Trinajstić information content (AvgIpc) is 2.72. The minimum atomic E-state index is -0.958. The van der Waals surface area contributed by atoms with Crippen LogP contribution in [0.5, 0.6) is 0 Å². The number of rotatable bonds is 4. The molecule has 0 radical (unpaired) electrons. The highest BCUT2D eigenvalue weighted by Gasteiger charge is 2.15. The van der Waals surface area contributed by atoms with Crippen molar-refractivity contribution in [1.29, 1.82) is 0 Å². The number of thiazole rings is 1. The Bertz CT molecular complexity index is 631. The number of halogens is 2. The average molecular weight is 335 g/mol. The van der Waals surface area contributed by atoms with Gasteiger partial charge in [-0.1, -0.05) is 35.0 Å². The zero-order valence-corrected chi connectivity index (χ0v) is 12.8. The van der Waals surface area contributed by atoms with Crippen LogP contribution in [-0.2, 0) is 5.75 Å². The largest absolute Gasteiger partial charge is 0.477 e. The predicted octanol–water partition coefficient (Wildman–Crippen LogP) is 4.14. The summed E-state index contributed by atoms with van der Waals surface area (Å²) in [7, 11) is 0. The predicted molar refractivity (Wildman–Crippen MR) is 77.6 cm³/mol. The lowest BCUT2D eigenvalue weighted by molar-refractivity contribution is 0.0701. The number of carbonyl (C=O) groups is 1. The van der Waals surface area contributed by atoms with Gasteiger partial charge < -0.3 is 5.11 Å². The maximum atomic E-state index is 10.9. The highest BCUT2D eigenvalue weighted by molar-refractivity contribution is 8.00. The summed E-state index contributed by atoms with van der Waals surface area (Å²) < 4.78 is 0.674. The molecule has 2 aromatic heterocycles. The first-order valence-corrected chi connectivity index (χ1v) is 7.67. The van der Waals surface area contributed by atoms with Crippen LogP contribution in [0.2, 0.25) is 10.2 Å². The molecule has 0 aliphatic rings. The molecule has 0 amide bonds. The van der Waals surface area contributed by atoms with Crippen molar-refractivity contribution >= 4 is 52.3 Å². The number of aryl methyl sites for hydroxylation is 1.